The molecule has 3 heterocycles. The Morgan fingerprint density at radius 1 is 1.17 bits per heavy atom. The molecular formula is C20H20FN5O2S. The zero-order valence-electron chi connectivity index (χ0n) is 15.5. The molecule has 5 rings (SSSR count). The lowest BCUT2D eigenvalue weighted by molar-refractivity contribution is -0.0161. The van der Waals surface area contributed by atoms with Gasteiger partial charge in [0.05, 0.1) is 47.5 Å². The van der Waals surface area contributed by atoms with Crippen molar-refractivity contribution < 1.29 is 14.6 Å². The second kappa shape index (κ2) is 7.33. The molecule has 3 N–H and O–H groups in total. The van der Waals surface area contributed by atoms with Crippen LogP contribution in [0.25, 0.3) is 21.4 Å². The number of fused-ring (bicyclic) bond motifs is 2. The van der Waals surface area contributed by atoms with Crippen molar-refractivity contribution in [3.63, 3.8) is 0 Å². The Morgan fingerprint density at radius 2 is 2.07 bits per heavy atom. The lowest BCUT2D eigenvalue weighted by Gasteiger charge is -2.32. The highest BCUT2D eigenvalue weighted by atomic mass is 32.1. The van der Waals surface area contributed by atoms with Gasteiger partial charge < -0.3 is 20.1 Å². The fourth-order valence-electron chi connectivity index (χ4n) is 3.84. The summed E-state index contributed by atoms with van der Waals surface area (Å²) in [6.45, 7) is 0.569. The minimum absolute atomic E-state index is 0.192. The molecule has 9 heteroatoms. The van der Waals surface area contributed by atoms with E-state index in [4.69, 9.17) is 0 Å². The summed E-state index contributed by atoms with van der Waals surface area (Å²) in [6.07, 6.45) is 3.71. The monoisotopic (exact) mass is 413 g/mol. The lowest BCUT2D eigenvalue weighted by atomic mass is 9.90. The fraction of sp³-hybridized carbons (Fsp3) is 0.350. The molecule has 1 aromatic carbocycles. The van der Waals surface area contributed by atoms with E-state index < -0.39 is 18.0 Å². The van der Waals surface area contributed by atoms with Gasteiger partial charge in [0, 0.05) is 6.07 Å². The molecule has 1 aliphatic carbocycles. The molecule has 0 unspecified atom stereocenters. The second-order valence-electron chi connectivity index (χ2n) is 7.43. The van der Waals surface area contributed by atoms with Gasteiger partial charge in [-0.1, -0.05) is 17.4 Å². The van der Waals surface area contributed by atoms with Crippen LogP contribution in [0.4, 0.5) is 9.52 Å². The molecule has 0 amide bonds. The molecule has 7 nitrogen and oxygen atoms in total. The molecule has 0 saturated heterocycles. The van der Waals surface area contributed by atoms with Gasteiger partial charge in [-0.25, -0.2) is 19.3 Å². The van der Waals surface area contributed by atoms with Gasteiger partial charge >= 0.3 is 0 Å². The highest BCUT2D eigenvalue weighted by Gasteiger charge is 2.30. The normalized spacial score (nSPS) is 22.4. The predicted octanol–water partition coefficient (Wildman–Crippen LogP) is 2.91. The number of hydrogen-bond donors (Lipinski definition) is 3. The molecule has 3 aromatic heterocycles. The number of hydrogen-bond acceptors (Lipinski definition) is 7. The van der Waals surface area contributed by atoms with Gasteiger partial charge in [0.2, 0.25) is 0 Å². The van der Waals surface area contributed by atoms with Crippen molar-refractivity contribution in [3.8, 4) is 0 Å². The molecule has 1 aliphatic rings. The predicted molar refractivity (Wildman–Crippen MR) is 109 cm³/mol. The van der Waals surface area contributed by atoms with Crippen LogP contribution in [0.1, 0.15) is 24.8 Å². The van der Waals surface area contributed by atoms with E-state index in [1.54, 1.807) is 6.33 Å². The maximum absolute atomic E-state index is 13.3. The standard InChI is InChI=1S/C20H20FN5O2S/c21-12-7-15-19(22-8-12)26(10-23-15)9-11-4-5-13-17(6-11)29-20(24-13)25-14-2-1-3-16(27)18(14)28/h4-8,10,14,16,18,27-28H,1-3,9H2,(H,24,25)/t14-,16+,18-/m1/s1. The van der Waals surface area contributed by atoms with Gasteiger partial charge in [-0.15, -0.1) is 0 Å². The largest absolute Gasteiger partial charge is 0.390 e. The van der Waals surface area contributed by atoms with Gasteiger partial charge in [0.15, 0.2) is 10.8 Å². The average Bonchev–Trinajstić information content (AvgIpc) is 3.28. The fourth-order valence-corrected chi connectivity index (χ4v) is 4.83. The summed E-state index contributed by atoms with van der Waals surface area (Å²) in [5.74, 6) is -0.399. The van der Waals surface area contributed by atoms with Crippen molar-refractivity contribution in [2.75, 3.05) is 5.32 Å². The molecule has 1 fully saturated rings. The van der Waals surface area contributed by atoms with Gasteiger partial charge in [-0.3, -0.25) is 0 Å². The summed E-state index contributed by atoms with van der Waals surface area (Å²) in [4.78, 5) is 13.0. The van der Waals surface area contributed by atoms with Gasteiger partial charge in [0.25, 0.3) is 0 Å². The first-order valence-electron chi connectivity index (χ1n) is 9.55. The molecule has 1 saturated carbocycles. The van der Waals surface area contributed by atoms with Crippen LogP contribution in [0, 0.1) is 5.82 Å². The Kier molecular flexibility index (Phi) is 4.65. The van der Waals surface area contributed by atoms with Crippen LogP contribution in [0.15, 0.2) is 36.8 Å². The first-order chi connectivity index (χ1) is 14.1. The number of imidazole rings is 1. The molecule has 3 atom stereocenters. The Labute approximate surface area is 169 Å². The number of anilines is 1. The number of aliphatic hydroxyl groups is 2. The number of thiazole rings is 1. The van der Waals surface area contributed by atoms with E-state index in [-0.39, 0.29) is 6.04 Å². The van der Waals surface area contributed by atoms with Gasteiger partial charge in [-0.05, 0) is 37.0 Å². The van der Waals surface area contributed by atoms with E-state index in [1.165, 1.54) is 23.6 Å². The second-order valence-corrected chi connectivity index (χ2v) is 8.46. The molecule has 0 aliphatic heterocycles. The third-order valence-electron chi connectivity index (χ3n) is 5.36. The van der Waals surface area contributed by atoms with E-state index in [1.807, 2.05) is 16.7 Å². The van der Waals surface area contributed by atoms with Crippen molar-refractivity contribution in [2.24, 2.45) is 0 Å². The number of aromatic nitrogens is 4. The van der Waals surface area contributed by atoms with Crippen molar-refractivity contribution >= 4 is 37.8 Å². The highest BCUT2D eigenvalue weighted by molar-refractivity contribution is 7.22. The zero-order chi connectivity index (χ0) is 20.0. The van der Waals surface area contributed by atoms with E-state index in [0.29, 0.717) is 24.1 Å². The van der Waals surface area contributed by atoms with Crippen LogP contribution in [0.5, 0.6) is 0 Å². The maximum Gasteiger partial charge on any atom is 0.184 e. The van der Waals surface area contributed by atoms with E-state index in [9.17, 15) is 14.6 Å². The Balaban J connectivity index is 1.37. The first-order valence-corrected chi connectivity index (χ1v) is 10.4. The number of aliphatic hydroxyl groups excluding tert-OH is 2. The number of halogens is 1. The summed E-state index contributed by atoms with van der Waals surface area (Å²) in [5, 5.41) is 24.1. The number of pyridine rings is 1. The van der Waals surface area contributed by atoms with Crippen molar-refractivity contribution in [1.82, 2.24) is 19.5 Å². The Morgan fingerprint density at radius 3 is 2.97 bits per heavy atom. The lowest BCUT2D eigenvalue weighted by Crippen LogP contribution is -2.45. The van der Waals surface area contributed by atoms with E-state index in [2.05, 4.69) is 26.3 Å². The van der Waals surface area contributed by atoms with Crippen LogP contribution >= 0.6 is 11.3 Å². The summed E-state index contributed by atoms with van der Waals surface area (Å²) in [7, 11) is 0. The molecule has 150 valence electrons. The van der Waals surface area contributed by atoms with Crippen LogP contribution in [-0.4, -0.2) is 48.0 Å². The van der Waals surface area contributed by atoms with Crippen LogP contribution < -0.4 is 5.32 Å². The van der Waals surface area contributed by atoms with Crippen molar-refractivity contribution in [1.29, 1.82) is 0 Å². The SMILES string of the molecule is O[C@H]1[C@@H](O)CCC[C@H]1Nc1nc2ccc(Cn3cnc4cc(F)cnc43)cc2s1. The molecule has 4 aromatic rings. The van der Waals surface area contributed by atoms with E-state index in [0.717, 1.165) is 33.8 Å². The number of benzene rings is 1. The quantitative estimate of drug-likeness (QED) is 0.476. The van der Waals surface area contributed by atoms with Gasteiger partial charge in [0.1, 0.15) is 11.3 Å². The molecule has 0 radical (unpaired) electrons. The van der Waals surface area contributed by atoms with Crippen LogP contribution in [0.3, 0.4) is 0 Å². The van der Waals surface area contributed by atoms with Crippen LogP contribution in [-0.2, 0) is 6.54 Å². The first kappa shape index (κ1) is 18.4. The topological polar surface area (TPSA) is 96.1 Å². The number of rotatable bonds is 4. The molecule has 0 spiro atoms. The summed E-state index contributed by atoms with van der Waals surface area (Å²) < 4.78 is 16.2. The summed E-state index contributed by atoms with van der Waals surface area (Å²) >= 11 is 1.52. The van der Waals surface area contributed by atoms with E-state index >= 15 is 0 Å². The Hall–Kier alpha value is -2.62. The van der Waals surface area contributed by atoms with Crippen LogP contribution in [0.2, 0.25) is 0 Å². The molecule has 29 heavy (non-hydrogen) atoms. The third-order valence-corrected chi connectivity index (χ3v) is 6.31. The minimum atomic E-state index is -0.779. The average molecular weight is 413 g/mol. The molecule has 0 bridgehead atoms. The highest BCUT2D eigenvalue weighted by Crippen LogP contribution is 2.30. The smallest absolute Gasteiger partial charge is 0.184 e. The maximum atomic E-state index is 13.3. The van der Waals surface area contributed by atoms with Gasteiger partial charge in [-0.2, -0.15) is 0 Å². The number of nitrogens with zero attached hydrogens (tertiary/aromatic N) is 4. The Bertz CT molecular complexity index is 1180. The summed E-state index contributed by atoms with van der Waals surface area (Å²) in [5.41, 5.74) is 3.11. The third kappa shape index (κ3) is 3.57. The number of nitrogens with one attached hydrogen (secondary N) is 1. The van der Waals surface area contributed by atoms with Crippen molar-refractivity contribution in [2.45, 2.75) is 44.1 Å². The molecular weight excluding hydrogens is 393 g/mol. The zero-order valence-corrected chi connectivity index (χ0v) is 16.3. The minimum Gasteiger partial charge on any atom is -0.390 e. The summed E-state index contributed by atoms with van der Waals surface area (Å²) in [6, 6.07) is 7.22. The van der Waals surface area contributed by atoms with Crippen molar-refractivity contribution in [3.05, 3.63) is 48.2 Å².